The van der Waals surface area contributed by atoms with Crippen LogP contribution in [0.2, 0.25) is 0 Å². The minimum absolute atomic E-state index is 0.0538. The number of amides is 1. The Morgan fingerprint density at radius 1 is 1.12 bits per heavy atom. The number of carbonyl (C=O) groups excluding carboxylic acids is 1. The SMILES string of the molecule is CCCN1C(=O)c2ccccc2NC1(C)c1ccccc1OC(C)C. The van der Waals surface area contributed by atoms with Gasteiger partial charge in [-0.3, -0.25) is 4.79 Å². The number of ether oxygens (including phenoxy) is 1. The molecule has 132 valence electrons. The molecule has 0 aliphatic carbocycles. The minimum Gasteiger partial charge on any atom is -0.491 e. The standard InChI is InChI=1S/C21H26N2O2/c1-5-14-23-20(24)16-10-6-8-12-18(16)22-21(23,4)17-11-7-9-13-19(17)25-15(2)3/h6-13,15,22H,5,14H2,1-4H3. The van der Waals surface area contributed by atoms with Crippen molar-refractivity contribution in [2.75, 3.05) is 11.9 Å². The monoisotopic (exact) mass is 338 g/mol. The van der Waals surface area contributed by atoms with E-state index < -0.39 is 5.66 Å². The summed E-state index contributed by atoms with van der Waals surface area (Å²) in [4.78, 5) is 15.1. The molecule has 2 aromatic rings. The topological polar surface area (TPSA) is 41.6 Å². The zero-order valence-corrected chi connectivity index (χ0v) is 15.4. The van der Waals surface area contributed by atoms with Crippen LogP contribution in [0.5, 0.6) is 5.75 Å². The number of nitrogens with zero attached hydrogens (tertiary/aromatic N) is 1. The molecule has 1 amide bonds. The van der Waals surface area contributed by atoms with Gasteiger partial charge in [0.05, 0.1) is 11.7 Å². The highest BCUT2D eigenvalue weighted by molar-refractivity contribution is 6.02. The number of rotatable bonds is 5. The van der Waals surface area contributed by atoms with Gasteiger partial charge in [-0.15, -0.1) is 0 Å². The number of hydrogen-bond donors (Lipinski definition) is 1. The van der Waals surface area contributed by atoms with Crippen molar-refractivity contribution in [3.05, 3.63) is 59.7 Å². The van der Waals surface area contributed by atoms with Crippen LogP contribution in [-0.4, -0.2) is 23.5 Å². The van der Waals surface area contributed by atoms with E-state index in [0.29, 0.717) is 6.54 Å². The van der Waals surface area contributed by atoms with Crippen LogP contribution in [0.25, 0.3) is 0 Å². The van der Waals surface area contributed by atoms with Gasteiger partial charge < -0.3 is 15.0 Å². The number of anilines is 1. The molecule has 1 atom stereocenters. The van der Waals surface area contributed by atoms with Gasteiger partial charge in [0.1, 0.15) is 11.4 Å². The van der Waals surface area contributed by atoms with E-state index >= 15 is 0 Å². The Morgan fingerprint density at radius 3 is 2.52 bits per heavy atom. The number of para-hydroxylation sites is 2. The highest BCUT2D eigenvalue weighted by atomic mass is 16.5. The van der Waals surface area contributed by atoms with E-state index in [1.165, 1.54) is 0 Å². The molecule has 25 heavy (non-hydrogen) atoms. The van der Waals surface area contributed by atoms with E-state index in [1.54, 1.807) is 0 Å². The van der Waals surface area contributed by atoms with Crippen molar-refractivity contribution in [1.82, 2.24) is 4.90 Å². The quantitative estimate of drug-likeness (QED) is 0.864. The largest absolute Gasteiger partial charge is 0.491 e. The molecule has 1 aliphatic heterocycles. The van der Waals surface area contributed by atoms with Gasteiger partial charge >= 0.3 is 0 Å². The summed E-state index contributed by atoms with van der Waals surface area (Å²) in [5.41, 5.74) is 1.89. The Morgan fingerprint density at radius 2 is 1.80 bits per heavy atom. The average Bonchev–Trinajstić information content (AvgIpc) is 2.58. The molecule has 0 radical (unpaired) electrons. The molecule has 0 saturated heterocycles. The molecule has 3 rings (SSSR count). The molecule has 1 heterocycles. The summed E-state index contributed by atoms with van der Waals surface area (Å²) in [5, 5.41) is 3.59. The van der Waals surface area contributed by atoms with Crippen molar-refractivity contribution in [2.24, 2.45) is 0 Å². The first-order chi connectivity index (χ1) is 12.0. The number of benzene rings is 2. The fourth-order valence-electron chi connectivity index (χ4n) is 3.44. The summed E-state index contributed by atoms with van der Waals surface area (Å²) < 4.78 is 6.04. The maximum Gasteiger partial charge on any atom is 0.258 e. The molecular formula is C21H26N2O2. The predicted octanol–water partition coefficient (Wildman–Crippen LogP) is 4.62. The van der Waals surface area contributed by atoms with Gasteiger partial charge in [-0.25, -0.2) is 0 Å². The summed E-state index contributed by atoms with van der Waals surface area (Å²) >= 11 is 0. The van der Waals surface area contributed by atoms with Crippen LogP contribution >= 0.6 is 0 Å². The second-order valence-electron chi connectivity index (χ2n) is 6.86. The Kier molecular flexibility index (Phi) is 4.71. The molecule has 1 aliphatic rings. The third kappa shape index (κ3) is 3.09. The van der Waals surface area contributed by atoms with Gasteiger partial charge in [-0.05, 0) is 45.4 Å². The Hall–Kier alpha value is -2.49. The van der Waals surface area contributed by atoms with Gasteiger partial charge in [0.2, 0.25) is 0 Å². The van der Waals surface area contributed by atoms with E-state index in [0.717, 1.165) is 29.0 Å². The molecule has 0 aromatic heterocycles. The highest BCUT2D eigenvalue weighted by Gasteiger charge is 2.43. The van der Waals surface area contributed by atoms with E-state index in [-0.39, 0.29) is 12.0 Å². The van der Waals surface area contributed by atoms with Crippen LogP contribution in [0.4, 0.5) is 5.69 Å². The Balaban J connectivity index is 2.14. The summed E-state index contributed by atoms with van der Waals surface area (Å²) in [6, 6.07) is 15.7. The maximum atomic E-state index is 13.2. The van der Waals surface area contributed by atoms with Crippen molar-refractivity contribution in [3.8, 4) is 5.75 Å². The van der Waals surface area contributed by atoms with E-state index in [1.807, 2.05) is 67.3 Å². The van der Waals surface area contributed by atoms with Crippen LogP contribution in [0.1, 0.15) is 50.0 Å². The number of nitrogens with one attached hydrogen (secondary N) is 1. The minimum atomic E-state index is -0.660. The molecule has 4 nitrogen and oxygen atoms in total. The predicted molar refractivity (Wildman–Crippen MR) is 101 cm³/mol. The number of fused-ring (bicyclic) bond motifs is 1. The van der Waals surface area contributed by atoms with Crippen LogP contribution < -0.4 is 10.1 Å². The molecule has 4 heteroatoms. The number of carbonyl (C=O) groups is 1. The molecule has 0 spiro atoms. The first-order valence-electron chi connectivity index (χ1n) is 8.92. The lowest BCUT2D eigenvalue weighted by Gasteiger charge is -2.47. The smallest absolute Gasteiger partial charge is 0.258 e. The van der Waals surface area contributed by atoms with Crippen LogP contribution in [0, 0.1) is 0 Å². The first kappa shape index (κ1) is 17.3. The first-order valence-corrected chi connectivity index (χ1v) is 8.92. The van der Waals surface area contributed by atoms with Crippen molar-refractivity contribution >= 4 is 11.6 Å². The Bertz CT molecular complexity index is 772. The van der Waals surface area contributed by atoms with Gasteiger partial charge in [0.15, 0.2) is 0 Å². The average molecular weight is 338 g/mol. The van der Waals surface area contributed by atoms with E-state index in [9.17, 15) is 4.79 Å². The molecular weight excluding hydrogens is 312 g/mol. The molecule has 0 fully saturated rings. The molecule has 0 saturated carbocycles. The molecule has 1 N–H and O–H groups in total. The van der Waals surface area contributed by atoms with Crippen LogP contribution in [0.15, 0.2) is 48.5 Å². The lowest BCUT2D eigenvalue weighted by molar-refractivity contribution is 0.0527. The molecule has 2 aromatic carbocycles. The highest BCUT2D eigenvalue weighted by Crippen LogP contribution is 2.41. The van der Waals surface area contributed by atoms with Gasteiger partial charge in [-0.1, -0.05) is 37.3 Å². The van der Waals surface area contributed by atoms with Crippen molar-refractivity contribution in [1.29, 1.82) is 0 Å². The van der Waals surface area contributed by atoms with Crippen molar-refractivity contribution < 1.29 is 9.53 Å². The zero-order chi connectivity index (χ0) is 18.0. The summed E-state index contributed by atoms with van der Waals surface area (Å²) in [6.07, 6.45) is 0.953. The summed E-state index contributed by atoms with van der Waals surface area (Å²) in [6.45, 7) is 8.84. The van der Waals surface area contributed by atoms with Gasteiger partial charge in [0, 0.05) is 17.8 Å². The fraction of sp³-hybridized carbons (Fsp3) is 0.381. The van der Waals surface area contributed by atoms with E-state index in [2.05, 4.69) is 19.2 Å². The third-order valence-electron chi connectivity index (χ3n) is 4.54. The second kappa shape index (κ2) is 6.79. The molecule has 0 bridgehead atoms. The molecule has 1 unspecified atom stereocenters. The summed E-state index contributed by atoms with van der Waals surface area (Å²) in [5.74, 6) is 0.860. The van der Waals surface area contributed by atoms with Gasteiger partial charge in [-0.2, -0.15) is 0 Å². The summed E-state index contributed by atoms with van der Waals surface area (Å²) in [7, 11) is 0. The van der Waals surface area contributed by atoms with Gasteiger partial charge in [0.25, 0.3) is 5.91 Å². The lowest BCUT2D eigenvalue weighted by atomic mass is 9.92. The van der Waals surface area contributed by atoms with Crippen molar-refractivity contribution in [3.63, 3.8) is 0 Å². The lowest BCUT2D eigenvalue weighted by Crippen LogP contribution is -2.56. The normalized spacial score (nSPS) is 19.6. The van der Waals surface area contributed by atoms with E-state index in [4.69, 9.17) is 4.74 Å². The maximum absolute atomic E-state index is 13.2. The fourth-order valence-corrected chi connectivity index (χ4v) is 3.44. The van der Waals surface area contributed by atoms with Crippen LogP contribution in [0.3, 0.4) is 0 Å². The zero-order valence-electron chi connectivity index (χ0n) is 15.4. The van der Waals surface area contributed by atoms with Crippen molar-refractivity contribution in [2.45, 2.75) is 45.9 Å². The number of hydrogen-bond acceptors (Lipinski definition) is 3. The Labute approximate surface area is 149 Å². The third-order valence-corrected chi connectivity index (χ3v) is 4.54. The van der Waals surface area contributed by atoms with Crippen LogP contribution in [-0.2, 0) is 5.66 Å². The second-order valence-corrected chi connectivity index (χ2v) is 6.86.